The molecule has 0 aromatic rings. The molecule has 0 saturated heterocycles. The van der Waals surface area contributed by atoms with Crippen molar-refractivity contribution in [1.29, 1.82) is 0 Å². The van der Waals surface area contributed by atoms with Gasteiger partial charge in [0.05, 0.1) is 0 Å². The van der Waals surface area contributed by atoms with Crippen LogP contribution < -0.4 is 136 Å². The van der Waals surface area contributed by atoms with Gasteiger partial charge in [0, 0.05) is 0 Å². The molecule has 0 radical (unpaired) electrons. The molecule has 0 aromatic heterocycles. The fourth-order valence-corrected chi connectivity index (χ4v) is 0. The molecule has 0 spiro atoms. The van der Waals surface area contributed by atoms with Crippen molar-refractivity contribution in [3.05, 3.63) is 0 Å². The van der Waals surface area contributed by atoms with Gasteiger partial charge in [0.2, 0.25) is 0 Å². The van der Waals surface area contributed by atoms with E-state index < -0.39 is 0 Å². The van der Waals surface area contributed by atoms with Crippen LogP contribution in [0.15, 0.2) is 0 Å². The van der Waals surface area contributed by atoms with Gasteiger partial charge < -0.3 is 136 Å². The van der Waals surface area contributed by atoms with Crippen molar-refractivity contribution in [2.24, 2.45) is 0 Å². The molecule has 0 heterocycles. The van der Waals surface area contributed by atoms with E-state index in [0.29, 0.717) is 0 Å². The zero-order valence-electron chi connectivity index (χ0n) is 5.85. The third-order valence-electron chi connectivity index (χ3n) is 0. The minimum Gasteiger partial charge on any atom is -1.00 e. The van der Waals surface area contributed by atoms with Crippen LogP contribution in [0.1, 0.15) is 0 Å². The summed E-state index contributed by atoms with van der Waals surface area (Å²) < 4.78 is 0. The fraction of sp³-hybridized carbons (Fsp3) is 0. The molecule has 0 amide bonds. The zero-order chi connectivity index (χ0) is 0. The first kappa shape index (κ1) is 127. The summed E-state index contributed by atoms with van der Waals surface area (Å²) in [5, 5.41) is 0. The molecule has 0 aromatic carbocycles. The Morgan fingerprint density at radius 3 is 0.167 bits per heavy atom. The smallest absolute Gasteiger partial charge is 1.00 e. The van der Waals surface area contributed by atoms with Crippen molar-refractivity contribution in [3.63, 3.8) is 0 Å². The van der Waals surface area contributed by atoms with Crippen LogP contribution in [0.25, 0.3) is 0 Å². The van der Waals surface area contributed by atoms with E-state index >= 15 is 0 Å². The second-order valence-corrected chi connectivity index (χ2v) is 0. The van der Waals surface area contributed by atoms with Crippen LogP contribution in [0, 0.1) is 0 Å². The van der Waals surface area contributed by atoms with Gasteiger partial charge in [0.1, 0.15) is 0 Å². The predicted octanol–water partition coefficient (Wildman–Crippen LogP) is -25.5. The number of hydrogen-bond acceptors (Lipinski definition) is 0. The summed E-state index contributed by atoms with van der Waals surface area (Å²) in [6.07, 6.45) is 0. The molecule has 0 bridgehead atoms. The third-order valence-corrected chi connectivity index (χ3v) is 0. The van der Waals surface area contributed by atoms with Crippen molar-refractivity contribution in [1.82, 2.24) is 0 Å². The first-order valence-electron chi connectivity index (χ1n) is 0. The quantitative estimate of drug-likeness (QED) is 0.217. The third kappa shape index (κ3) is 89.7. The van der Waals surface area contributed by atoms with Gasteiger partial charge in [-0.3, -0.25) is 0 Å². The molecule has 0 N–H and O–H groups in total. The Morgan fingerprint density at radius 2 is 0.167 bits per heavy atom. The van der Waals surface area contributed by atoms with Gasteiger partial charge in [-0.2, -0.15) is 0 Å². The number of rotatable bonds is 0. The van der Waals surface area contributed by atoms with Crippen molar-refractivity contribution in [3.8, 4) is 0 Å². The van der Waals surface area contributed by atoms with Crippen LogP contribution in [0.2, 0.25) is 0 Å². The van der Waals surface area contributed by atoms with Gasteiger partial charge in [0.25, 0.3) is 0 Å². The predicted molar refractivity (Wildman–Crippen MR) is 23.0 cm³/mol. The van der Waals surface area contributed by atoms with Crippen LogP contribution in [-0.4, -0.2) is 92.2 Å². The average Bonchev–Trinajstić information content (AvgIpc) is 0. The summed E-state index contributed by atoms with van der Waals surface area (Å²) in [6.45, 7) is 0. The monoisotopic (exact) mass is 727 g/mol. The van der Waals surface area contributed by atoms with E-state index in [1.54, 1.807) is 0 Å². The van der Waals surface area contributed by atoms with E-state index in [4.69, 9.17) is 0 Å². The van der Waals surface area contributed by atoms with Gasteiger partial charge in [-0.25, -0.2) is 0 Å². The minimum atomic E-state index is 0. The average molecular weight is 736 g/mol. The molecule has 0 unspecified atom stereocenters. The maximum atomic E-state index is 0. The van der Waals surface area contributed by atoms with Gasteiger partial charge in [-0.15, -0.1) is 0 Å². The van der Waals surface area contributed by atoms with E-state index in [9.17, 15) is 0 Å². The standard InChI is InChI=1S/8BrH.4Mg/h8*1H;;;;/q;;;;;;;;4*+2/p-8. The largest absolute Gasteiger partial charge is 2.00 e. The van der Waals surface area contributed by atoms with Crippen LogP contribution >= 0.6 is 0 Å². The normalized spacial score (nSPS) is 0. The molecule has 0 fully saturated rings. The second kappa shape index (κ2) is 107. The van der Waals surface area contributed by atoms with Crippen molar-refractivity contribution >= 4 is 92.2 Å². The molecule has 0 aliphatic carbocycles. The minimum absolute atomic E-state index is 0. The maximum absolute atomic E-state index is 0. The summed E-state index contributed by atoms with van der Waals surface area (Å²) >= 11 is 0. The van der Waals surface area contributed by atoms with Gasteiger partial charge in [0.15, 0.2) is 0 Å². The van der Waals surface area contributed by atoms with Crippen LogP contribution in [-0.2, 0) is 0 Å². The Kier molecular flexibility index (Phi) is 1140. The van der Waals surface area contributed by atoms with E-state index in [1.807, 2.05) is 0 Å². The van der Waals surface area contributed by atoms with Gasteiger partial charge in [-0.05, 0) is 0 Å². The number of halogens is 8. The Balaban J connectivity index is 0. The summed E-state index contributed by atoms with van der Waals surface area (Å²) in [7, 11) is 0. The summed E-state index contributed by atoms with van der Waals surface area (Å²) in [6, 6.07) is 0. The molecular weight excluding hydrogens is 736 g/mol. The summed E-state index contributed by atoms with van der Waals surface area (Å²) in [4.78, 5) is 0. The van der Waals surface area contributed by atoms with Crippen molar-refractivity contribution < 1.29 is 136 Å². The van der Waals surface area contributed by atoms with Gasteiger partial charge in [-0.1, -0.05) is 0 Å². The van der Waals surface area contributed by atoms with E-state index in [2.05, 4.69) is 0 Å². The first-order valence-corrected chi connectivity index (χ1v) is 0. The van der Waals surface area contributed by atoms with Gasteiger partial charge >= 0.3 is 92.2 Å². The van der Waals surface area contributed by atoms with E-state index in [-0.39, 0.29) is 228 Å². The Morgan fingerprint density at radius 1 is 0.167 bits per heavy atom. The molecule has 12 heteroatoms. The molecule has 0 aliphatic rings. The molecule has 0 atom stereocenters. The molecule has 0 aliphatic heterocycles. The van der Waals surface area contributed by atoms with E-state index in [0.717, 1.165) is 0 Å². The maximum Gasteiger partial charge on any atom is 2.00 e. The zero-order valence-corrected chi connectivity index (χ0v) is 24.2. The number of hydrogen-bond donors (Lipinski definition) is 0. The SMILES string of the molecule is [Br-].[Br-].[Br-].[Br-].[Br-].[Br-].[Br-].[Br-].[Mg+2].[Mg+2].[Mg+2].[Mg+2]. The van der Waals surface area contributed by atoms with Crippen LogP contribution in [0.5, 0.6) is 0 Å². The molecule has 0 saturated carbocycles. The summed E-state index contributed by atoms with van der Waals surface area (Å²) in [5.41, 5.74) is 0. The Bertz CT molecular complexity index is 11.0. The Hall–Kier alpha value is 6.90. The Labute approximate surface area is 223 Å². The molecule has 0 rings (SSSR count). The topological polar surface area (TPSA) is 0 Å². The van der Waals surface area contributed by atoms with Crippen molar-refractivity contribution in [2.45, 2.75) is 0 Å². The second-order valence-electron chi connectivity index (χ2n) is 0. The van der Waals surface area contributed by atoms with Crippen LogP contribution in [0.3, 0.4) is 0 Å². The summed E-state index contributed by atoms with van der Waals surface area (Å²) in [5.74, 6) is 0. The van der Waals surface area contributed by atoms with Crippen LogP contribution in [0.4, 0.5) is 0 Å². The first-order chi connectivity index (χ1) is 0. The fourth-order valence-electron chi connectivity index (χ4n) is 0. The molecule has 64 valence electrons. The molecule has 12 heavy (non-hydrogen) atoms. The molecular formula is Br8Mg4. The van der Waals surface area contributed by atoms with Crippen molar-refractivity contribution in [2.75, 3.05) is 0 Å². The molecule has 0 nitrogen and oxygen atoms in total. The van der Waals surface area contributed by atoms with E-state index in [1.165, 1.54) is 0 Å².